The van der Waals surface area contributed by atoms with Gasteiger partial charge in [-0.1, -0.05) is 12.4 Å². The van der Waals surface area contributed by atoms with Gasteiger partial charge in [0.2, 0.25) is 0 Å². The van der Waals surface area contributed by atoms with Crippen LogP contribution in [-0.4, -0.2) is 14.9 Å². The largest absolute Gasteiger partial charge is 0.104 e. The molecule has 5 heavy (non-hydrogen) atoms. The zero-order valence-corrected chi connectivity index (χ0v) is 3.70. The van der Waals surface area contributed by atoms with E-state index in [1.54, 1.807) is 0 Å². The molecule has 0 aliphatic heterocycles. The minimum absolute atomic E-state index is 1.15. The smallest absolute Gasteiger partial charge is 0.0868 e. The Labute approximate surface area is 34.9 Å². The minimum atomic E-state index is 1.15. The molecule has 0 heterocycles. The van der Waals surface area contributed by atoms with Gasteiger partial charge in [-0.2, -0.15) is 0 Å². The van der Waals surface area contributed by atoms with Crippen LogP contribution in [0.1, 0.15) is 0 Å². The predicted molar refractivity (Wildman–Crippen MR) is 30.7 cm³/mol. The lowest BCUT2D eigenvalue weighted by Gasteiger charge is -1.69. The van der Waals surface area contributed by atoms with Gasteiger partial charge in [-0.3, -0.25) is 0 Å². The summed E-state index contributed by atoms with van der Waals surface area (Å²) in [7, 11) is 3.37. The first-order chi connectivity index (χ1) is 2.41. The maximum absolute atomic E-state index is 3.55. The van der Waals surface area contributed by atoms with Crippen LogP contribution in [0.15, 0.2) is 12.7 Å². The van der Waals surface area contributed by atoms with Gasteiger partial charge in [0.1, 0.15) is 0 Å². The summed E-state index contributed by atoms with van der Waals surface area (Å²) in [4.78, 5) is 0. The number of hydrogen-bond donors (Lipinski definition) is 0. The second-order valence-electron chi connectivity index (χ2n) is 1.08. The van der Waals surface area contributed by atoms with Crippen LogP contribution in [-0.2, 0) is 0 Å². The molecule has 0 saturated carbocycles. The molecule has 0 saturated heterocycles. The van der Waals surface area contributed by atoms with E-state index in [2.05, 4.69) is 14.3 Å². The van der Waals surface area contributed by atoms with Crippen LogP contribution in [0.4, 0.5) is 0 Å². The van der Waals surface area contributed by atoms with Gasteiger partial charge in [-0.25, -0.2) is 0 Å². The molecule has 0 aromatic rings. The molecular formula is C3H8B2. The Balaban J connectivity index is 2.40. The van der Waals surface area contributed by atoms with E-state index < -0.39 is 0 Å². The molecule has 0 unspecified atom stereocenters. The van der Waals surface area contributed by atoms with Crippen molar-refractivity contribution in [3.05, 3.63) is 12.7 Å². The lowest BCUT2D eigenvalue weighted by Crippen LogP contribution is -1.79. The molecule has 0 atom stereocenters. The Morgan fingerprint density at radius 2 is 2.60 bits per heavy atom. The van der Waals surface area contributed by atoms with Gasteiger partial charge in [-0.05, 0) is 0 Å². The van der Waals surface area contributed by atoms with Gasteiger partial charge in [0.15, 0.2) is 0 Å². The van der Waals surface area contributed by atoms with E-state index in [4.69, 9.17) is 0 Å². The van der Waals surface area contributed by atoms with Crippen molar-refractivity contribution in [1.82, 2.24) is 0 Å². The van der Waals surface area contributed by atoms with Gasteiger partial charge in [0.25, 0.3) is 0 Å². The molecule has 2 heteroatoms. The summed E-state index contributed by atoms with van der Waals surface area (Å²) in [5.41, 5.74) is 0. The molecule has 26 valence electrons. The van der Waals surface area contributed by atoms with Gasteiger partial charge >= 0.3 is 0 Å². The molecule has 0 N–H and O–H groups in total. The van der Waals surface area contributed by atoms with E-state index in [1.807, 2.05) is 6.08 Å². The summed E-state index contributed by atoms with van der Waals surface area (Å²) in [6, 6.07) is 0. The summed E-state index contributed by atoms with van der Waals surface area (Å²) in [6.45, 7) is 3.55. The van der Waals surface area contributed by atoms with E-state index in [-0.39, 0.29) is 0 Å². The molecule has 0 fully saturated rings. The Morgan fingerprint density at radius 1 is 2.00 bits per heavy atom. The van der Waals surface area contributed by atoms with Gasteiger partial charge in [-0.15, -0.1) is 6.58 Å². The van der Waals surface area contributed by atoms with Crippen LogP contribution in [0.3, 0.4) is 0 Å². The SMILES string of the molecule is BBCC=C. The van der Waals surface area contributed by atoms with Crippen molar-refractivity contribution in [2.24, 2.45) is 0 Å². The lowest BCUT2D eigenvalue weighted by molar-refractivity contribution is 1.75. The van der Waals surface area contributed by atoms with Crippen molar-refractivity contribution in [1.29, 1.82) is 0 Å². The molecule has 0 radical (unpaired) electrons. The van der Waals surface area contributed by atoms with Crippen LogP contribution in [0.2, 0.25) is 6.32 Å². The predicted octanol–water partition coefficient (Wildman–Crippen LogP) is -0.425. The summed E-state index contributed by atoms with van der Waals surface area (Å²) < 4.78 is 0. The molecule has 0 rings (SSSR count). The second-order valence-corrected chi connectivity index (χ2v) is 1.08. The second kappa shape index (κ2) is 3.87. The standard InChI is InChI=1S/C3H8B2/c1-2-3-5-4/h2,5H,1,3-4H2. The molecule has 0 aliphatic rings. The fourth-order valence-corrected chi connectivity index (χ4v) is 0.204. The number of rotatable bonds is 2. The molecule has 0 nitrogen and oxygen atoms in total. The fourth-order valence-electron chi connectivity index (χ4n) is 0.204. The quantitative estimate of drug-likeness (QED) is 0.303. The zero-order chi connectivity index (χ0) is 4.12. The van der Waals surface area contributed by atoms with Crippen LogP contribution >= 0.6 is 0 Å². The Kier molecular flexibility index (Phi) is 3.77. The van der Waals surface area contributed by atoms with E-state index >= 15 is 0 Å². The summed E-state index contributed by atoms with van der Waals surface area (Å²) in [5.74, 6) is 0. The van der Waals surface area contributed by atoms with Crippen molar-refractivity contribution in [2.75, 3.05) is 0 Å². The molecule has 0 aromatic carbocycles. The third-order valence-electron chi connectivity index (χ3n) is 0.493. The summed E-state index contributed by atoms with van der Waals surface area (Å²) in [6.07, 6.45) is 3.08. The topological polar surface area (TPSA) is 0 Å². The van der Waals surface area contributed by atoms with Gasteiger partial charge in [0, 0.05) is 0 Å². The van der Waals surface area contributed by atoms with Crippen molar-refractivity contribution >= 4 is 14.9 Å². The summed E-state index contributed by atoms with van der Waals surface area (Å²) >= 11 is 0. The van der Waals surface area contributed by atoms with Gasteiger partial charge in [0.05, 0.1) is 14.9 Å². The normalized spacial score (nSPS) is 6.40. The summed E-state index contributed by atoms with van der Waals surface area (Å²) in [5, 5.41) is 0. The van der Waals surface area contributed by atoms with Crippen LogP contribution in [0, 0.1) is 0 Å². The van der Waals surface area contributed by atoms with Crippen molar-refractivity contribution < 1.29 is 0 Å². The average Bonchev–Trinajstić information content (AvgIpc) is 1.41. The van der Waals surface area contributed by atoms with E-state index in [1.165, 1.54) is 7.17 Å². The first kappa shape index (κ1) is 4.87. The molecule has 0 spiro atoms. The van der Waals surface area contributed by atoms with E-state index in [0.29, 0.717) is 0 Å². The highest BCUT2D eigenvalue weighted by molar-refractivity contribution is 6.89. The minimum Gasteiger partial charge on any atom is -0.104 e. The zero-order valence-electron chi connectivity index (χ0n) is 3.70. The van der Waals surface area contributed by atoms with Crippen molar-refractivity contribution in [2.45, 2.75) is 6.32 Å². The highest BCUT2D eigenvalue weighted by Gasteiger charge is 1.66. The van der Waals surface area contributed by atoms with Crippen molar-refractivity contribution in [3.8, 4) is 0 Å². The average molecular weight is 65.7 g/mol. The van der Waals surface area contributed by atoms with Crippen LogP contribution < -0.4 is 0 Å². The molecule has 0 aliphatic carbocycles. The molecule has 0 aromatic heterocycles. The van der Waals surface area contributed by atoms with E-state index in [0.717, 1.165) is 6.32 Å². The molecule has 0 amide bonds. The first-order valence-corrected chi connectivity index (χ1v) is 2.02. The molecule has 0 bridgehead atoms. The molecular weight excluding hydrogens is 57.7 g/mol. The maximum atomic E-state index is 3.55. The van der Waals surface area contributed by atoms with Gasteiger partial charge < -0.3 is 0 Å². The monoisotopic (exact) mass is 66.1 g/mol. The fraction of sp³-hybridized carbons (Fsp3) is 0.333. The van der Waals surface area contributed by atoms with Crippen molar-refractivity contribution in [3.63, 3.8) is 0 Å². The first-order valence-electron chi connectivity index (χ1n) is 2.02. The van der Waals surface area contributed by atoms with Crippen LogP contribution in [0.5, 0.6) is 0 Å². The van der Waals surface area contributed by atoms with Crippen LogP contribution in [0.25, 0.3) is 0 Å². The lowest BCUT2D eigenvalue weighted by atomic mass is 9.54. The Bertz CT molecular complexity index is 26.1. The third-order valence-corrected chi connectivity index (χ3v) is 0.493. The third kappa shape index (κ3) is 3.87. The Morgan fingerprint density at radius 3 is 2.60 bits per heavy atom. The highest BCUT2D eigenvalue weighted by Crippen LogP contribution is 1.68. The van der Waals surface area contributed by atoms with E-state index in [9.17, 15) is 0 Å². The Hall–Kier alpha value is -0.130. The number of allylic oxidation sites excluding steroid dienone is 1. The highest BCUT2D eigenvalue weighted by atomic mass is 13.4. The maximum Gasteiger partial charge on any atom is 0.0868 e. The number of hydrogen-bond acceptors (Lipinski definition) is 0.